The number of hydrogen-bond acceptors (Lipinski definition) is 3. The second kappa shape index (κ2) is 5.25. The molecule has 0 radical (unpaired) electrons. The summed E-state index contributed by atoms with van der Waals surface area (Å²) in [4.78, 5) is 5.37. The van der Waals surface area contributed by atoms with Gasteiger partial charge in [0.25, 0.3) is 0 Å². The molecule has 3 aliphatic rings. The molecule has 2 heterocycles. The van der Waals surface area contributed by atoms with E-state index in [9.17, 15) is 0 Å². The van der Waals surface area contributed by atoms with Crippen molar-refractivity contribution in [1.29, 1.82) is 0 Å². The highest BCUT2D eigenvalue weighted by molar-refractivity contribution is 4.84. The van der Waals surface area contributed by atoms with Crippen LogP contribution < -0.4 is 5.32 Å². The molecule has 0 spiro atoms. The minimum atomic E-state index is 0.881. The Morgan fingerprint density at radius 1 is 1.06 bits per heavy atom. The van der Waals surface area contributed by atoms with E-state index in [2.05, 4.69) is 22.0 Å². The van der Waals surface area contributed by atoms with E-state index >= 15 is 0 Å². The van der Waals surface area contributed by atoms with Gasteiger partial charge in [0, 0.05) is 39.3 Å². The molecule has 98 valence electrons. The first-order valence-corrected chi connectivity index (χ1v) is 7.46. The fourth-order valence-electron chi connectivity index (χ4n) is 3.09. The van der Waals surface area contributed by atoms with Gasteiger partial charge in [-0.1, -0.05) is 6.92 Å². The van der Waals surface area contributed by atoms with E-state index in [1.54, 1.807) is 0 Å². The first-order valence-electron chi connectivity index (χ1n) is 7.46. The molecule has 3 nitrogen and oxygen atoms in total. The van der Waals surface area contributed by atoms with Crippen LogP contribution in [-0.4, -0.2) is 62.2 Å². The molecule has 0 aromatic carbocycles. The van der Waals surface area contributed by atoms with E-state index in [0.29, 0.717) is 0 Å². The Balaban J connectivity index is 1.35. The van der Waals surface area contributed by atoms with Crippen molar-refractivity contribution >= 4 is 0 Å². The molecule has 1 saturated carbocycles. The quantitative estimate of drug-likeness (QED) is 0.765. The molecule has 1 unspecified atom stereocenters. The summed E-state index contributed by atoms with van der Waals surface area (Å²) in [6, 6.07) is 0. The number of nitrogens with one attached hydrogen (secondary N) is 1. The van der Waals surface area contributed by atoms with Gasteiger partial charge >= 0.3 is 0 Å². The van der Waals surface area contributed by atoms with Crippen molar-refractivity contribution in [3.63, 3.8) is 0 Å². The number of hydrogen-bond donors (Lipinski definition) is 1. The molecule has 1 aliphatic carbocycles. The number of piperazine rings is 1. The van der Waals surface area contributed by atoms with Gasteiger partial charge in [0.05, 0.1) is 0 Å². The Bertz CT molecular complexity index is 240. The molecule has 0 aromatic rings. The zero-order valence-corrected chi connectivity index (χ0v) is 11.2. The van der Waals surface area contributed by atoms with E-state index in [1.807, 2.05) is 0 Å². The van der Waals surface area contributed by atoms with Crippen molar-refractivity contribution in [2.75, 3.05) is 52.4 Å². The van der Waals surface area contributed by atoms with Crippen LogP contribution >= 0.6 is 0 Å². The summed E-state index contributed by atoms with van der Waals surface area (Å²) < 4.78 is 0. The van der Waals surface area contributed by atoms with Crippen LogP contribution in [0.4, 0.5) is 0 Å². The molecule has 3 rings (SSSR count). The maximum absolute atomic E-state index is 3.39. The monoisotopic (exact) mass is 237 g/mol. The molecule has 1 N–H and O–H groups in total. The lowest BCUT2D eigenvalue weighted by molar-refractivity contribution is 0.0972. The SMILES string of the molecule is CC(CN1CCN(CC2CC2)CC1)C1CNC1. The Kier molecular flexibility index (Phi) is 3.69. The average molecular weight is 237 g/mol. The smallest absolute Gasteiger partial charge is 0.0110 e. The predicted molar refractivity (Wildman–Crippen MR) is 71.1 cm³/mol. The lowest BCUT2D eigenvalue weighted by Gasteiger charge is -2.39. The summed E-state index contributed by atoms with van der Waals surface area (Å²) in [5.41, 5.74) is 0. The van der Waals surface area contributed by atoms with Crippen LogP contribution in [0.1, 0.15) is 19.8 Å². The molecular formula is C14H27N3. The summed E-state index contributed by atoms with van der Waals surface area (Å²) in [5, 5.41) is 3.39. The summed E-state index contributed by atoms with van der Waals surface area (Å²) >= 11 is 0. The molecule has 3 heteroatoms. The Hall–Kier alpha value is -0.120. The van der Waals surface area contributed by atoms with Crippen LogP contribution in [0.3, 0.4) is 0 Å². The van der Waals surface area contributed by atoms with E-state index in [1.165, 1.54) is 65.2 Å². The highest BCUT2D eigenvalue weighted by atomic mass is 15.3. The molecule has 0 amide bonds. The van der Waals surface area contributed by atoms with Gasteiger partial charge in [-0.15, -0.1) is 0 Å². The third kappa shape index (κ3) is 3.21. The topological polar surface area (TPSA) is 18.5 Å². The normalized spacial score (nSPS) is 30.2. The lowest BCUT2D eigenvalue weighted by Crippen LogP contribution is -2.52. The maximum atomic E-state index is 3.39. The van der Waals surface area contributed by atoms with Crippen LogP contribution in [0.15, 0.2) is 0 Å². The molecule has 17 heavy (non-hydrogen) atoms. The Morgan fingerprint density at radius 2 is 1.71 bits per heavy atom. The van der Waals surface area contributed by atoms with Gasteiger partial charge in [-0.3, -0.25) is 0 Å². The van der Waals surface area contributed by atoms with Crippen LogP contribution in [0, 0.1) is 17.8 Å². The summed E-state index contributed by atoms with van der Waals surface area (Å²) in [7, 11) is 0. The molecule has 0 aromatic heterocycles. The first-order chi connectivity index (χ1) is 8.31. The van der Waals surface area contributed by atoms with Gasteiger partial charge in [-0.25, -0.2) is 0 Å². The summed E-state index contributed by atoms with van der Waals surface area (Å²) in [6.07, 6.45) is 2.98. The summed E-state index contributed by atoms with van der Waals surface area (Å²) in [6.45, 7) is 12.9. The second-order valence-corrected chi connectivity index (χ2v) is 6.44. The Labute approximate surface area is 106 Å². The van der Waals surface area contributed by atoms with Crippen molar-refractivity contribution in [3.8, 4) is 0 Å². The Morgan fingerprint density at radius 3 is 2.24 bits per heavy atom. The average Bonchev–Trinajstić information content (AvgIpc) is 3.02. The zero-order chi connectivity index (χ0) is 11.7. The molecule has 3 fully saturated rings. The second-order valence-electron chi connectivity index (χ2n) is 6.44. The van der Waals surface area contributed by atoms with Crippen molar-refractivity contribution in [3.05, 3.63) is 0 Å². The minimum absolute atomic E-state index is 0.881. The van der Waals surface area contributed by atoms with E-state index in [4.69, 9.17) is 0 Å². The highest BCUT2D eigenvalue weighted by Gasteiger charge is 2.28. The van der Waals surface area contributed by atoms with Gasteiger partial charge in [0.15, 0.2) is 0 Å². The van der Waals surface area contributed by atoms with E-state index < -0.39 is 0 Å². The van der Waals surface area contributed by atoms with Crippen molar-refractivity contribution in [2.24, 2.45) is 17.8 Å². The third-order valence-electron chi connectivity index (χ3n) is 4.84. The maximum Gasteiger partial charge on any atom is 0.0110 e. The van der Waals surface area contributed by atoms with Crippen LogP contribution in [0.5, 0.6) is 0 Å². The molecular weight excluding hydrogens is 210 g/mol. The fourth-order valence-corrected chi connectivity index (χ4v) is 3.09. The summed E-state index contributed by atoms with van der Waals surface area (Å²) in [5.74, 6) is 2.88. The van der Waals surface area contributed by atoms with Crippen molar-refractivity contribution in [1.82, 2.24) is 15.1 Å². The van der Waals surface area contributed by atoms with Gasteiger partial charge in [-0.2, -0.15) is 0 Å². The van der Waals surface area contributed by atoms with Gasteiger partial charge in [-0.05, 0) is 43.7 Å². The lowest BCUT2D eigenvalue weighted by atomic mass is 9.88. The third-order valence-corrected chi connectivity index (χ3v) is 4.84. The van der Waals surface area contributed by atoms with Gasteiger partial charge in [0.1, 0.15) is 0 Å². The van der Waals surface area contributed by atoms with Crippen LogP contribution in [-0.2, 0) is 0 Å². The van der Waals surface area contributed by atoms with Gasteiger partial charge < -0.3 is 15.1 Å². The van der Waals surface area contributed by atoms with Gasteiger partial charge in [0.2, 0.25) is 0 Å². The van der Waals surface area contributed by atoms with E-state index in [0.717, 1.165) is 17.8 Å². The fraction of sp³-hybridized carbons (Fsp3) is 1.00. The largest absolute Gasteiger partial charge is 0.316 e. The standard InChI is InChI=1S/C14H27N3/c1-12(14-8-15-9-14)10-16-4-6-17(7-5-16)11-13-2-3-13/h12-15H,2-11H2,1H3. The van der Waals surface area contributed by atoms with Crippen molar-refractivity contribution < 1.29 is 0 Å². The molecule has 1 atom stereocenters. The zero-order valence-electron chi connectivity index (χ0n) is 11.2. The molecule has 2 aliphatic heterocycles. The highest BCUT2D eigenvalue weighted by Crippen LogP contribution is 2.30. The minimum Gasteiger partial charge on any atom is -0.316 e. The van der Waals surface area contributed by atoms with Crippen LogP contribution in [0.25, 0.3) is 0 Å². The van der Waals surface area contributed by atoms with Crippen molar-refractivity contribution in [2.45, 2.75) is 19.8 Å². The molecule has 0 bridgehead atoms. The first kappa shape index (κ1) is 11.9. The number of nitrogens with zero attached hydrogens (tertiary/aromatic N) is 2. The van der Waals surface area contributed by atoms with E-state index in [-0.39, 0.29) is 0 Å². The van der Waals surface area contributed by atoms with Crippen LogP contribution in [0.2, 0.25) is 0 Å². The predicted octanol–water partition coefficient (Wildman–Crippen LogP) is 0.869. The number of rotatable bonds is 5. The molecule has 2 saturated heterocycles.